The van der Waals surface area contributed by atoms with Gasteiger partial charge >= 0.3 is 0 Å². The number of nitrogens with zero attached hydrogens (tertiary/aromatic N) is 2. The largest absolute Gasteiger partial charge is 0.454 e. The average Bonchev–Trinajstić information content (AvgIpc) is 3.44. The normalized spacial score (nSPS) is 11.7. The molecule has 8 nitrogen and oxygen atoms in total. The Morgan fingerprint density at radius 1 is 1.09 bits per heavy atom. The number of carbonyl (C=O) groups excluding carboxylic acids is 1. The minimum atomic E-state index is -0.359. The van der Waals surface area contributed by atoms with Crippen LogP contribution in [0.4, 0.5) is 5.69 Å². The van der Waals surface area contributed by atoms with E-state index in [-0.39, 0.29) is 17.8 Å². The second kappa shape index (κ2) is 8.02. The first-order chi connectivity index (χ1) is 15.6. The number of nitriles is 1. The number of H-pyrrole nitrogens is 1. The molecule has 5 rings (SSSR count). The molecule has 3 N–H and O–H groups in total. The Morgan fingerprint density at radius 3 is 2.84 bits per heavy atom. The summed E-state index contributed by atoms with van der Waals surface area (Å²) in [5.41, 5.74) is 4.04. The van der Waals surface area contributed by atoms with E-state index in [0.717, 1.165) is 16.6 Å². The number of ether oxygens (including phenoxy) is 2. The summed E-state index contributed by atoms with van der Waals surface area (Å²) >= 11 is 5.30. The summed E-state index contributed by atoms with van der Waals surface area (Å²) in [5.74, 6) is 1.43. The van der Waals surface area contributed by atoms with E-state index in [0.29, 0.717) is 34.1 Å². The van der Waals surface area contributed by atoms with Crippen molar-refractivity contribution in [2.75, 3.05) is 12.1 Å². The summed E-state index contributed by atoms with van der Waals surface area (Å²) in [5, 5.41) is 14.9. The fraction of sp³-hybridized carbons (Fsp3) is 0.0435. The Kier molecular flexibility index (Phi) is 4.89. The third-order valence-corrected chi connectivity index (χ3v) is 5.07. The number of rotatable bonds is 3. The molecule has 1 aliphatic heterocycles. The van der Waals surface area contributed by atoms with Gasteiger partial charge in [0.2, 0.25) is 6.79 Å². The van der Waals surface area contributed by atoms with Gasteiger partial charge in [-0.15, -0.1) is 0 Å². The fourth-order valence-corrected chi connectivity index (χ4v) is 3.55. The summed E-state index contributed by atoms with van der Waals surface area (Å²) in [6.07, 6.45) is 0. The second-order valence-corrected chi connectivity index (χ2v) is 7.39. The Bertz CT molecular complexity index is 1420. The van der Waals surface area contributed by atoms with Crippen LogP contribution in [-0.2, 0) is 0 Å². The number of amides is 1. The van der Waals surface area contributed by atoms with Crippen LogP contribution in [0.25, 0.3) is 22.4 Å². The van der Waals surface area contributed by atoms with Gasteiger partial charge in [0.15, 0.2) is 16.6 Å². The second-order valence-electron chi connectivity index (χ2n) is 6.99. The first-order valence-corrected chi connectivity index (χ1v) is 10.0. The predicted molar refractivity (Wildman–Crippen MR) is 122 cm³/mol. The van der Waals surface area contributed by atoms with Crippen molar-refractivity contribution in [3.8, 4) is 29.0 Å². The number of aromatic amines is 1. The van der Waals surface area contributed by atoms with Gasteiger partial charge < -0.3 is 19.8 Å². The molecule has 0 unspecified atom stereocenters. The first-order valence-electron chi connectivity index (χ1n) is 9.61. The number of aromatic nitrogens is 2. The molecule has 1 aromatic heterocycles. The highest BCUT2D eigenvalue weighted by atomic mass is 32.1. The van der Waals surface area contributed by atoms with Crippen molar-refractivity contribution in [2.45, 2.75) is 0 Å². The van der Waals surface area contributed by atoms with E-state index >= 15 is 0 Å². The summed E-state index contributed by atoms with van der Waals surface area (Å²) in [7, 11) is 0. The van der Waals surface area contributed by atoms with Crippen LogP contribution in [0.3, 0.4) is 0 Å². The van der Waals surface area contributed by atoms with E-state index < -0.39 is 0 Å². The highest BCUT2D eigenvalue weighted by Gasteiger charge is 2.17. The van der Waals surface area contributed by atoms with Crippen LogP contribution in [-0.4, -0.2) is 27.8 Å². The summed E-state index contributed by atoms with van der Waals surface area (Å²) in [4.78, 5) is 20.3. The highest BCUT2D eigenvalue weighted by molar-refractivity contribution is 7.80. The molecular weight excluding hydrogens is 426 g/mol. The van der Waals surface area contributed by atoms with E-state index in [4.69, 9.17) is 27.0 Å². The molecule has 9 heteroatoms. The van der Waals surface area contributed by atoms with Crippen molar-refractivity contribution < 1.29 is 14.3 Å². The number of fused-ring (bicyclic) bond motifs is 2. The van der Waals surface area contributed by atoms with Crippen molar-refractivity contribution >= 4 is 40.0 Å². The minimum Gasteiger partial charge on any atom is -0.454 e. The number of nitrogens with one attached hydrogen (secondary N) is 3. The van der Waals surface area contributed by atoms with Crippen LogP contribution in [0, 0.1) is 11.3 Å². The van der Waals surface area contributed by atoms with Gasteiger partial charge in [-0.2, -0.15) is 5.26 Å². The standard InChI is InChI=1S/C23H15N5O3S/c24-11-13-4-6-17-18(8-13)27-21(26-17)14-2-1-3-16(9-14)25-23(32)28-22(29)15-5-7-19-20(10-15)31-12-30-19/h1-10H,12H2,(H,26,27)(H2,25,28,29,32). The van der Waals surface area contributed by atoms with E-state index in [1.807, 2.05) is 24.3 Å². The number of thiocarbonyl (C=S) groups is 1. The first kappa shape index (κ1) is 19.5. The molecule has 0 saturated carbocycles. The zero-order valence-corrected chi connectivity index (χ0v) is 17.3. The Labute approximate surface area is 187 Å². The molecule has 3 aromatic carbocycles. The van der Waals surface area contributed by atoms with Crippen molar-refractivity contribution in [3.63, 3.8) is 0 Å². The van der Waals surface area contributed by atoms with Gasteiger partial charge in [0.1, 0.15) is 5.82 Å². The van der Waals surface area contributed by atoms with Crippen LogP contribution < -0.4 is 20.1 Å². The van der Waals surface area contributed by atoms with Gasteiger partial charge in [-0.1, -0.05) is 12.1 Å². The number of hydrogen-bond donors (Lipinski definition) is 3. The van der Waals surface area contributed by atoms with Crippen LogP contribution in [0.5, 0.6) is 11.5 Å². The quantitative estimate of drug-likeness (QED) is 0.413. The summed E-state index contributed by atoms with van der Waals surface area (Å²) in [6.45, 7) is 0.140. The van der Waals surface area contributed by atoms with Crippen LogP contribution in [0.1, 0.15) is 15.9 Å². The lowest BCUT2D eigenvalue weighted by atomic mass is 10.2. The molecule has 4 aromatic rings. The monoisotopic (exact) mass is 441 g/mol. The molecule has 0 spiro atoms. The third kappa shape index (κ3) is 3.82. The molecule has 0 aliphatic carbocycles. The fourth-order valence-electron chi connectivity index (χ4n) is 3.34. The van der Waals surface area contributed by atoms with E-state index in [1.165, 1.54) is 0 Å². The number of imidazole rings is 1. The molecular formula is C23H15N5O3S. The lowest BCUT2D eigenvalue weighted by Gasteiger charge is -2.10. The molecule has 1 aliphatic rings. The molecule has 2 heterocycles. The number of anilines is 1. The average molecular weight is 441 g/mol. The summed E-state index contributed by atoms with van der Waals surface area (Å²) in [6, 6.07) is 19.8. The Hall–Kier alpha value is -4.42. The molecule has 1 amide bonds. The topological polar surface area (TPSA) is 112 Å². The lowest BCUT2D eigenvalue weighted by molar-refractivity contribution is 0.0977. The SMILES string of the molecule is N#Cc1ccc2nc(-c3cccc(NC(=S)NC(=O)c4ccc5c(c4)OCO5)c3)[nH]c2c1. The minimum absolute atomic E-state index is 0.140. The van der Waals surface area contributed by atoms with Crippen molar-refractivity contribution in [3.05, 3.63) is 71.8 Å². The van der Waals surface area contributed by atoms with Gasteiger partial charge in [-0.05, 0) is 60.7 Å². The van der Waals surface area contributed by atoms with Gasteiger partial charge in [0, 0.05) is 16.8 Å². The predicted octanol–water partition coefficient (Wildman–Crippen LogP) is 3.96. The van der Waals surface area contributed by atoms with Crippen LogP contribution >= 0.6 is 12.2 Å². The van der Waals surface area contributed by atoms with Crippen LogP contribution in [0.15, 0.2) is 60.7 Å². The molecule has 0 saturated heterocycles. The molecule has 0 fully saturated rings. The van der Waals surface area contributed by atoms with Gasteiger partial charge in [0.05, 0.1) is 22.7 Å². The third-order valence-electron chi connectivity index (χ3n) is 4.87. The van der Waals surface area contributed by atoms with E-state index in [9.17, 15) is 4.79 Å². The molecule has 0 radical (unpaired) electrons. The van der Waals surface area contributed by atoms with Crippen LogP contribution in [0.2, 0.25) is 0 Å². The van der Waals surface area contributed by atoms with Gasteiger partial charge in [-0.25, -0.2) is 4.98 Å². The van der Waals surface area contributed by atoms with E-state index in [2.05, 4.69) is 26.7 Å². The Balaban J connectivity index is 1.30. The van der Waals surface area contributed by atoms with Crippen molar-refractivity contribution in [2.24, 2.45) is 0 Å². The van der Waals surface area contributed by atoms with Crippen molar-refractivity contribution in [1.29, 1.82) is 5.26 Å². The number of carbonyl (C=O) groups is 1. The smallest absolute Gasteiger partial charge is 0.257 e. The van der Waals surface area contributed by atoms with Crippen molar-refractivity contribution in [1.82, 2.24) is 15.3 Å². The molecule has 32 heavy (non-hydrogen) atoms. The highest BCUT2D eigenvalue weighted by Crippen LogP contribution is 2.32. The maximum Gasteiger partial charge on any atom is 0.257 e. The maximum absolute atomic E-state index is 12.5. The number of benzene rings is 3. The molecule has 0 bridgehead atoms. The lowest BCUT2D eigenvalue weighted by Crippen LogP contribution is -2.34. The number of hydrogen-bond acceptors (Lipinski definition) is 6. The molecule has 0 atom stereocenters. The molecule has 156 valence electrons. The van der Waals surface area contributed by atoms with Gasteiger partial charge in [0.25, 0.3) is 5.91 Å². The zero-order valence-electron chi connectivity index (χ0n) is 16.5. The summed E-state index contributed by atoms with van der Waals surface area (Å²) < 4.78 is 10.6. The van der Waals surface area contributed by atoms with Gasteiger partial charge in [-0.3, -0.25) is 10.1 Å². The maximum atomic E-state index is 12.5. The van der Waals surface area contributed by atoms with E-state index in [1.54, 1.807) is 36.4 Å². The zero-order chi connectivity index (χ0) is 22.1. The Morgan fingerprint density at radius 2 is 1.97 bits per heavy atom.